The average molecular weight is 302 g/mol. The van der Waals surface area contributed by atoms with Crippen molar-refractivity contribution in [2.45, 2.75) is 18.9 Å². The maximum atomic E-state index is 12.7. The van der Waals surface area contributed by atoms with Gasteiger partial charge in [0.1, 0.15) is 6.04 Å². The Bertz CT molecular complexity index is 692. The standard InChI is InChI=1S/C16H18N2O2S/c1-17(2)16(20)13-4-3-8-18(13)15(19)12-5-6-14-11(10-12)7-9-21-14/h5-7,9-10,13H,3-4,8H2,1-2H3/t13-/m0/s1. The quantitative estimate of drug-likeness (QED) is 0.855. The molecule has 0 spiro atoms. The lowest BCUT2D eigenvalue weighted by Crippen LogP contribution is -2.45. The molecular weight excluding hydrogens is 284 g/mol. The smallest absolute Gasteiger partial charge is 0.254 e. The molecule has 1 aromatic heterocycles. The summed E-state index contributed by atoms with van der Waals surface area (Å²) in [6, 6.07) is 7.46. The van der Waals surface area contributed by atoms with Crippen LogP contribution >= 0.6 is 11.3 Å². The minimum absolute atomic E-state index is 0.0115. The fourth-order valence-electron chi connectivity index (χ4n) is 2.83. The number of amides is 2. The highest BCUT2D eigenvalue weighted by Crippen LogP contribution is 2.25. The molecule has 5 heteroatoms. The van der Waals surface area contributed by atoms with E-state index in [0.29, 0.717) is 12.1 Å². The number of carbonyl (C=O) groups is 2. The molecule has 3 rings (SSSR count). The first-order valence-electron chi connectivity index (χ1n) is 7.07. The fourth-order valence-corrected chi connectivity index (χ4v) is 3.60. The Morgan fingerprint density at radius 3 is 2.86 bits per heavy atom. The van der Waals surface area contributed by atoms with Crippen molar-refractivity contribution in [2.24, 2.45) is 0 Å². The Morgan fingerprint density at radius 1 is 1.29 bits per heavy atom. The number of benzene rings is 1. The van der Waals surface area contributed by atoms with Gasteiger partial charge >= 0.3 is 0 Å². The number of carbonyl (C=O) groups excluding carboxylic acids is 2. The van der Waals surface area contributed by atoms with Gasteiger partial charge in [-0.2, -0.15) is 0 Å². The summed E-state index contributed by atoms with van der Waals surface area (Å²) in [7, 11) is 3.47. The van der Waals surface area contributed by atoms with Crippen molar-refractivity contribution in [1.82, 2.24) is 9.80 Å². The molecule has 21 heavy (non-hydrogen) atoms. The largest absolute Gasteiger partial charge is 0.347 e. The lowest BCUT2D eigenvalue weighted by Gasteiger charge is -2.26. The molecule has 0 saturated carbocycles. The molecule has 0 aliphatic carbocycles. The lowest BCUT2D eigenvalue weighted by molar-refractivity contribution is -0.132. The predicted molar refractivity (Wildman–Crippen MR) is 84.6 cm³/mol. The van der Waals surface area contributed by atoms with Crippen LogP contribution in [0.25, 0.3) is 10.1 Å². The first-order chi connectivity index (χ1) is 10.1. The topological polar surface area (TPSA) is 40.6 Å². The third-order valence-corrected chi connectivity index (χ3v) is 4.84. The minimum Gasteiger partial charge on any atom is -0.347 e. The second-order valence-electron chi connectivity index (χ2n) is 5.56. The summed E-state index contributed by atoms with van der Waals surface area (Å²) in [5.41, 5.74) is 0.666. The molecule has 0 radical (unpaired) electrons. The normalized spacial score (nSPS) is 18.2. The second-order valence-corrected chi connectivity index (χ2v) is 6.51. The Balaban J connectivity index is 1.88. The van der Waals surface area contributed by atoms with Crippen molar-refractivity contribution < 1.29 is 9.59 Å². The van der Waals surface area contributed by atoms with Gasteiger partial charge in [0.15, 0.2) is 0 Å². The summed E-state index contributed by atoms with van der Waals surface area (Å²) < 4.78 is 1.17. The number of likely N-dealkylation sites (N-methyl/N-ethyl adjacent to an activating group) is 1. The van der Waals surface area contributed by atoms with Crippen LogP contribution in [0.3, 0.4) is 0 Å². The van der Waals surface area contributed by atoms with E-state index in [1.165, 1.54) is 4.70 Å². The second kappa shape index (κ2) is 5.48. The Hall–Kier alpha value is -1.88. The van der Waals surface area contributed by atoms with E-state index in [9.17, 15) is 9.59 Å². The van der Waals surface area contributed by atoms with Crippen LogP contribution in [-0.4, -0.2) is 48.3 Å². The van der Waals surface area contributed by atoms with Crippen molar-refractivity contribution in [3.8, 4) is 0 Å². The summed E-state index contributed by atoms with van der Waals surface area (Å²) in [5.74, 6) is -0.0294. The number of likely N-dealkylation sites (tertiary alicyclic amines) is 1. The van der Waals surface area contributed by atoms with Gasteiger partial charge in [0, 0.05) is 30.9 Å². The molecule has 1 fully saturated rings. The lowest BCUT2D eigenvalue weighted by atomic mass is 10.1. The van der Waals surface area contributed by atoms with Crippen LogP contribution < -0.4 is 0 Å². The zero-order chi connectivity index (χ0) is 15.0. The third kappa shape index (κ3) is 2.53. The monoisotopic (exact) mass is 302 g/mol. The van der Waals surface area contributed by atoms with Gasteiger partial charge in [0.25, 0.3) is 5.91 Å². The van der Waals surface area contributed by atoms with Crippen molar-refractivity contribution in [3.63, 3.8) is 0 Å². The first-order valence-corrected chi connectivity index (χ1v) is 7.95. The molecule has 1 atom stereocenters. The number of nitrogens with zero attached hydrogens (tertiary/aromatic N) is 2. The van der Waals surface area contributed by atoms with Crippen LogP contribution in [0.15, 0.2) is 29.6 Å². The molecular formula is C16H18N2O2S. The van der Waals surface area contributed by atoms with Gasteiger partial charge < -0.3 is 9.80 Å². The summed E-state index contributed by atoms with van der Waals surface area (Å²) in [6.07, 6.45) is 1.64. The maximum absolute atomic E-state index is 12.7. The van der Waals surface area contributed by atoms with E-state index >= 15 is 0 Å². The molecule has 1 aliphatic rings. The number of hydrogen-bond donors (Lipinski definition) is 0. The molecule has 2 amide bonds. The zero-order valence-electron chi connectivity index (χ0n) is 12.2. The molecule has 1 saturated heterocycles. The highest BCUT2D eigenvalue weighted by Gasteiger charge is 2.35. The van der Waals surface area contributed by atoms with Crippen LogP contribution in [0.4, 0.5) is 0 Å². The Labute approximate surface area is 128 Å². The molecule has 0 N–H and O–H groups in total. The first kappa shape index (κ1) is 14.1. The van der Waals surface area contributed by atoms with Gasteiger partial charge in [-0.15, -0.1) is 11.3 Å². The van der Waals surface area contributed by atoms with E-state index in [1.54, 1.807) is 35.2 Å². The van der Waals surface area contributed by atoms with Gasteiger partial charge in [-0.3, -0.25) is 9.59 Å². The predicted octanol–water partition coefficient (Wildman–Crippen LogP) is 2.59. The molecule has 0 unspecified atom stereocenters. The summed E-state index contributed by atoms with van der Waals surface area (Å²) in [4.78, 5) is 28.2. The maximum Gasteiger partial charge on any atom is 0.254 e. The van der Waals surface area contributed by atoms with Crippen molar-refractivity contribution in [2.75, 3.05) is 20.6 Å². The summed E-state index contributed by atoms with van der Waals surface area (Å²) >= 11 is 1.66. The molecule has 1 aromatic carbocycles. The Kier molecular flexibility index (Phi) is 3.68. The van der Waals surface area contributed by atoms with Crippen LogP contribution in [0.2, 0.25) is 0 Å². The SMILES string of the molecule is CN(C)C(=O)[C@@H]1CCCN1C(=O)c1ccc2sccc2c1. The molecule has 2 aromatic rings. The van der Waals surface area contributed by atoms with Crippen LogP contribution in [-0.2, 0) is 4.79 Å². The van der Waals surface area contributed by atoms with Gasteiger partial charge in [0.2, 0.25) is 5.91 Å². The highest BCUT2D eigenvalue weighted by atomic mass is 32.1. The number of fused-ring (bicyclic) bond motifs is 1. The third-order valence-electron chi connectivity index (χ3n) is 3.94. The molecule has 2 heterocycles. The van der Waals surface area contributed by atoms with E-state index in [4.69, 9.17) is 0 Å². The zero-order valence-corrected chi connectivity index (χ0v) is 13.0. The van der Waals surface area contributed by atoms with E-state index < -0.39 is 0 Å². The summed E-state index contributed by atoms with van der Waals surface area (Å²) in [5, 5.41) is 3.10. The van der Waals surface area contributed by atoms with Crippen molar-refractivity contribution in [1.29, 1.82) is 0 Å². The highest BCUT2D eigenvalue weighted by molar-refractivity contribution is 7.17. The van der Waals surface area contributed by atoms with Crippen molar-refractivity contribution in [3.05, 3.63) is 35.2 Å². The van der Waals surface area contributed by atoms with E-state index in [-0.39, 0.29) is 17.9 Å². The molecule has 110 valence electrons. The number of hydrogen-bond acceptors (Lipinski definition) is 3. The van der Waals surface area contributed by atoms with Crippen LogP contribution in [0, 0.1) is 0 Å². The average Bonchev–Trinajstić information content (AvgIpc) is 3.13. The molecule has 1 aliphatic heterocycles. The number of rotatable bonds is 2. The molecule has 4 nitrogen and oxygen atoms in total. The molecule has 0 bridgehead atoms. The van der Waals surface area contributed by atoms with Gasteiger partial charge in [-0.25, -0.2) is 0 Å². The van der Waals surface area contributed by atoms with E-state index in [2.05, 4.69) is 0 Å². The summed E-state index contributed by atoms with van der Waals surface area (Å²) in [6.45, 7) is 0.657. The fraction of sp³-hybridized carbons (Fsp3) is 0.375. The van der Waals surface area contributed by atoms with Gasteiger partial charge in [0.05, 0.1) is 0 Å². The van der Waals surface area contributed by atoms with Gasteiger partial charge in [-0.05, 0) is 47.9 Å². The van der Waals surface area contributed by atoms with Gasteiger partial charge in [-0.1, -0.05) is 0 Å². The van der Waals surface area contributed by atoms with E-state index in [0.717, 1.165) is 18.2 Å². The Morgan fingerprint density at radius 2 is 2.10 bits per heavy atom. The van der Waals surface area contributed by atoms with Crippen molar-refractivity contribution >= 4 is 33.2 Å². The van der Waals surface area contributed by atoms with Crippen LogP contribution in [0.5, 0.6) is 0 Å². The van der Waals surface area contributed by atoms with Crippen LogP contribution in [0.1, 0.15) is 23.2 Å². The number of thiophene rings is 1. The van der Waals surface area contributed by atoms with E-state index in [1.807, 2.05) is 29.6 Å². The minimum atomic E-state index is -0.314.